The summed E-state index contributed by atoms with van der Waals surface area (Å²) in [6.45, 7) is 6.87. The van der Waals surface area contributed by atoms with Gasteiger partial charge in [-0.15, -0.1) is 0 Å². The van der Waals surface area contributed by atoms with Crippen molar-refractivity contribution >= 4 is 5.91 Å². The molecule has 5 heteroatoms. The van der Waals surface area contributed by atoms with E-state index < -0.39 is 6.04 Å². The van der Waals surface area contributed by atoms with E-state index in [2.05, 4.69) is 31.2 Å². The van der Waals surface area contributed by atoms with Crippen molar-refractivity contribution in [2.75, 3.05) is 0 Å². The monoisotopic (exact) mass is 290 g/mol. The standard InChI is InChI=1S/C16H26N4O/c1-15(2)11-5-6-16(3,7-11)14(15)19-13(21)12(17)10-8-18-20(4)9-10/h8-9,11-12,14H,5-7,17H2,1-4H3,(H,19,21). The Labute approximate surface area is 126 Å². The van der Waals surface area contributed by atoms with E-state index in [9.17, 15) is 4.79 Å². The number of fused-ring (bicyclic) bond motifs is 2. The number of amides is 1. The largest absolute Gasteiger partial charge is 0.351 e. The molecule has 1 aromatic heterocycles. The number of hydrogen-bond acceptors (Lipinski definition) is 3. The first-order valence-electron chi connectivity index (χ1n) is 7.78. The zero-order valence-electron chi connectivity index (χ0n) is 13.4. The minimum Gasteiger partial charge on any atom is -0.351 e. The van der Waals surface area contributed by atoms with Crippen molar-refractivity contribution in [1.29, 1.82) is 0 Å². The number of rotatable bonds is 3. The van der Waals surface area contributed by atoms with E-state index in [1.807, 2.05) is 7.05 Å². The number of nitrogens with two attached hydrogens (primary N) is 1. The highest BCUT2D eigenvalue weighted by Gasteiger charge is 2.59. The van der Waals surface area contributed by atoms with Crippen LogP contribution >= 0.6 is 0 Å². The summed E-state index contributed by atoms with van der Waals surface area (Å²) in [7, 11) is 1.83. The quantitative estimate of drug-likeness (QED) is 0.890. The Hall–Kier alpha value is -1.36. The van der Waals surface area contributed by atoms with Gasteiger partial charge in [-0.25, -0.2) is 0 Å². The number of aryl methyl sites for hydroxylation is 1. The Bertz CT molecular complexity index is 560. The molecular weight excluding hydrogens is 264 g/mol. The highest BCUT2D eigenvalue weighted by atomic mass is 16.2. The Morgan fingerprint density at radius 1 is 1.52 bits per heavy atom. The lowest BCUT2D eigenvalue weighted by Gasteiger charge is -2.43. The highest BCUT2D eigenvalue weighted by Crippen LogP contribution is 2.62. The lowest BCUT2D eigenvalue weighted by atomic mass is 9.68. The summed E-state index contributed by atoms with van der Waals surface area (Å²) < 4.78 is 1.67. The number of carbonyl (C=O) groups excluding carboxylic acids is 1. The Morgan fingerprint density at radius 2 is 2.24 bits per heavy atom. The van der Waals surface area contributed by atoms with Gasteiger partial charge in [-0.2, -0.15) is 5.10 Å². The number of carbonyl (C=O) groups is 1. The molecule has 2 aliphatic rings. The van der Waals surface area contributed by atoms with Gasteiger partial charge in [0.1, 0.15) is 6.04 Å². The molecule has 3 rings (SSSR count). The predicted molar refractivity (Wildman–Crippen MR) is 81.3 cm³/mol. The summed E-state index contributed by atoms with van der Waals surface area (Å²) >= 11 is 0. The molecule has 2 bridgehead atoms. The van der Waals surface area contributed by atoms with Crippen LogP contribution < -0.4 is 11.1 Å². The van der Waals surface area contributed by atoms with Gasteiger partial charge in [0.05, 0.1) is 6.20 Å². The molecule has 3 N–H and O–H groups in total. The third-order valence-electron chi connectivity index (χ3n) is 5.92. The summed E-state index contributed by atoms with van der Waals surface area (Å²) in [5, 5.41) is 7.34. The summed E-state index contributed by atoms with van der Waals surface area (Å²) in [6, 6.07) is -0.434. The molecule has 1 aromatic rings. The van der Waals surface area contributed by atoms with Crippen LogP contribution in [0.15, 0.2) is 12.4 Å². The topological polar surface area (TPSA) is 72.9 Å². The van der Waals surface area contributed by atoms with Gasteiger partial charge in [0, 0.05) is 24.8 Å². The summed E-state index contributed by atoms with van der Waals surface area (Å²) in [4.78, 5) is 12.5. The Balaban J connectivity index is 1.75. The number of aromatic nitrogens is 2. The number of nitrogens with zero attached hydrogens (tertiary/aromatic N) is 2. The van der Waals surface area contributed by atoms with Crippen molar-refractivity contribution in [2.24, 2.45) is 29.5 Å². The molecule has 4 atom stereocenters. The molecule has 0 aliphatic heterocycles. The molecule has 21 heavy (non-hydrogen) atoms. The molecule has 0 radical (unpaired) electrons. The number of nitrogens with one attached hydrogen (secondary N) is 1. The Kier molecular flexibility index (Phi) is 3.17. The fourth-order valence-electron chi connectivity index (χ4n) is 4.65. The molecule has 2 aliphatic carbocycles. The molecule has 0 aromatic carbocycles. The average Bonchev–Trinajstić information content (AvgIpc) is 3.05. The predicted octanol–water partition coefficient (Wildman–Crippen LogP) is 1.75. The van der Waals surface area contributed by atoms with Crippen LogP contribution in [0, 0.1) is 16.7 Å². The molecule has 2 fully saturated rings. The number of hydrogen-bond donors (Lipinski definition) is 2. The second-order valence-corrected chi connectivity index (χ2v) is 7.78. The zero-order valence-corrected chi connectivity index (χ0v) is 13.4. The zero-order chi connectivity index (χ0) is 15.4. The van der Waals surface area contributed by atoms with Crippen LogP contribution in [0.5, 0.6) is 0 Å². The molecule has 4 unspecified atom stereocenters. The molecule has 2 saturated carbocycles. The molecule has 1 amide bonds. The van der Waals surface area contributed by atoms with Crippen LogP contribution in [-0.2, 0) is 11.8 Å². The van der Waals surface area contributed by atoms with Gasteiger partial charge in [0.2, 0.25) is 5.91 Å². The first-order valence-corrected chi connectivity index (χ1v) is 7.78. The fourth-order valence-corrected chi connectivity index (χ4v) is 4.65. The van der Waals surface area contributed by atoms with Crippen molar-refractivity contribution in [3.05, 3.63) is 18.0 Å². The van der Waals surface area contributed by atoms with E-state index in [-0.39, 0.29) is 22.8 Å². The van der Waals surface area contributed by atoms with Crippen LogP contribution in [0.1, 0.15) is 51.6 Å². The van der Waals surface area contributed by atoms with E-state index in [1.54, 1.807) is 17.1 Å². The van der Waals surface area contributed by atoms with Crippen LogP contribution in [-0.4, -0.2) is 21.7 Å². The Morgan fingerprint density at radius 3 is 2.76 bits per heavy atom. The lowest BCUT2D eigenvalue weighted by molar-refractivity contribution is -0.125. The summed E-state index contributed by atoms with van der Waals surface area (Å²) in [6.07, 6.45) is 7.17. The maximum absolute atomic E-state index is 12.5. The van der Waals surface area contributed by atoms with Crippen LogP contribution in [0.25, 0.3) is 0 Å². The summed E-state index contributed by atoms with van der Waals surface area (Å²) in [5.74, 6) is 0.622. The first kappa shape index (κ1) is 14.6. The van der Waals surface area contributed by atoms with E-state index in [0.29, 0.717) is 5.92 Å². The van der Waals surface area contributed by atoms with Crippen molar-refractivity contribution < 1.29 is 4.79 Å². The normalized spacial score (nSPS) is 34.9. The van der Waals surface area contributed by atoms with E-state index >= 15 is 0 Å². The SMILES string of the molecule is Cn1cc(C(N)C(=O)NC2C3(C)CCC(C3)C2(C)C)cn1. The molecule has 1 heterocycles. The van der Waals surface area contributed by atoms with Gasteiger partial charge < -0.3 is 11.1 Å². The van der Waals surface area contributed by atoms with Gasteiger partial charge >= 0.3 is 0 Å². The molecule has 0 spiro atoms. The fraction of sp³-hybridized carbons (Fsp3) is 0.750. The van der Waals surface area contributed by atoms with E-state index in [4.69, 9.17) is 5.73 Å². The van der Waals surface area contributed by atoms with Crippen LogP contribution in [0.3, 0.4) is 0 Å². The van der Waals surface area contributed by atoms with Gasteiger partial charge in [-0.05, 0) is 36.0 Å². The van der Waals surface area contributed by atoms with Gasteiger partial charge in [0.15, 0.2) is 0 Å². The smallest absolute Gasteiger partial charge is 0.241 e. The minimum absolute atomic E-state index is 0.0881. The van der Waals surface area contributed by atoms with Crippen molar-refractivity contribution in [1.82, 2.24) is 15.1 Å². The molecule has 5 nitrogen and oxygen atoms in total. The van der Waals surface area contributed by atoms with Gasteiger partial charge in [-0.3, -0.25) is 9.48 Å². The van der Waals surface area contributed by atoms with Crippen LogP contribution in [0.4, 0.5) is 0 Å². The van der Waals surface area contributed by atoms with E-state index in [1.165, 1.54) is 19.3 Å². The molecule has 116 valence electrons. The maximum atomic E-state index is 12.5. The third kappa shape index (κ3) is 2.18. The van der Waals surface area contributed by atoms with Crippen molar-refractivity contribution in [2.45, 2.75) is 52.1 Å². The van der Waals surface area contributed by atoms with Crippen molar-refractivity contribution in [3.8, 4) is 0 Å². The minimum atomic E-state index is -0.641. The highest BCUT2D eigenvalue weighted by molar-refractivity contribution is 5.83. The van der Waals surface area contributed by atoms with E-state index in [0.717, 1.165) is 5.56 Å². The van der Waals surface area contributed by atoms with Crippen LogP contribution in [0.2, 0.25) is 0 Å². The van der Waals surface area contributed by atoms with Gasteiger partial charge in [-0.1, -0.05) is 20.8 Å². The van der Waals surface area contributed by atoms with Gasteiger partial charge in [0.25, 0.3) is 0 Å². The average molecular weight is 290 g/mol. The van der Waals surface area contributed by atoms with Crippen molar-refractivity contribution in [3.63, 3.8) is 0 Å². The molecule has 0 saturated heterocycles. The summed E-state index contributed by atoms with van der Waals surface area (Å²) in [5.41, 5.74) is 7.23. The second kappa shape index (κ2) is 4.57. The first-order chi connectivity index (χ1) is 9.74. The molecular formula is C16H26N4O. The lowest BCUT2D eigenvalue weighted by Crippen LogP contribution is -2.54. The second-order valence-electron chi connectivity index (χ2n) is 7.78. The third-order valence-corrected chi connectivity index (χ3v) is 5.92. The maximum Gasteiger partial charge on any atom is 0.241 e.